The van der Waals surface area contributed by atoms with Crippen molar-refractivity contribution in [2.75, 3.05) is 12.3 Å². The van der Waals surface area contributed by atoms with Crippen LogP contribution in [0.15, 0.2) is 15.8 Å². The van der Waals surface area contributed by atoms with Gasteiger partial charge in [-0.2, -0.15) is 0 Å². The molecule has 2 N–H and O–H groups in total. The Morgan fingerprint density at radius 2 is 2.26 bits per heavy atom. The normalized spacial score (nSPS) is 10.2. The summed E-state index contributed by atoms with van der Waals surface area (Å²) in [7, 11) is 0. The molecule has 1 aromatic rings. The number of thioether (sulfide) groups is 1. The maximum atomic E-state index is 11.8. The number of carboxylic acids is 1. The lowest BCUT2D eigenvalue weighted by Crippen LogP contribution is -2.27. The molecule has 1 heterocycles. The maximum absolute atomic E-state index is 11.8. The summed E-state index contributed by atoms with van der Waals surface area (Å²) in [6.07, 6.45) is 2.40. The quantitative estimate of drug-likeness (QED) is 0.578. The van der Waals surface area contributed by atoms with Crippen molar-refractivity contribution in [1.82, 2.24) is 15.3 Å². The van der Waals surface area contributed by atoms with Crippen LogP contribution in [0.2, 0.25) is 0 Å². The number of aliphatic carboxylic acids is 1. The van der Waals surface area contributed by atoms with E-state index < -0.39 is 11.9 Å². The first-order valence-electron chi connectivity index (χ1n) is 5.70. The Hall–Kier alpha value is -1.15. The molecular formula is C11H14BrN3O3S. The first-order chi connectivity index (χ1) is 9.04. The Balaban J connectivity index is 2.69. The van der Waals surface area contributed by atoms with Gasteiger partial charge in [0.1, 0.15) is 5.69 Å². The van der Waals surface area contributed by atoms with Gasteiger partial charge in [0.2, 0.25) is 0 Å². The minimum Gasteiger partial charge on any atom is -0.481 e. The summed E-state index contributed by atoms with van der Waals surface area (Å²) in [5.41, 5.74) is 0.221. The summed E-state index contributed by atoms with van der Waals surface area (Å²) in [6, 6.07) is 0. The lowest BCUT2D eigenvalue weighted by Gasteiger charge is -2.06. The molecule has 0 fully saturated rings. The van der Waals surface area contributed by atoms with E-state index >= 15 is 0 Å². The van der Waals surface area contributed by atoms with Gasteiger partial charge in [0, 0.05) is 18.5 Å². The fourth-order valence-electron chi connectivity index (χ4n) is 1.14. The summed E-state index contributed by atoms with van der Waals surface area (Å²) in [5.74, 6) is -0.489. The average Bonchev–Trinajstić information content (AvgIpc) is 2.37. The fraction of sp³-hybridized carbons (Fsp3) is 0.455. The number of nitrogens with one attached hydrogen (secondary N) is 1. The van der Waals surface area contributed by atoms with Crippen LogP contribution in [-0.2, 0) is 4.79 Å². The molecule has 104 valence electrons. The first-order valence-corrected chi connectivity index (χ1v) is 7.47. The lowest BCUT2D eigenvalue weighted by molar-refractivity contribution is -0.136. The topological polar surface area (TPSA) is 92.2 Å². The molecule has 0 spiro atoms. The van der Waals surface area contributed by atoms with Gasteiger partial charge in [0.15, 0.2) is 5.16 Å². The highest BCUT2D eigenvalue weighted by atomic mass is 79.9. The summed E-state index contributed by atoms with van der Waals surface area (Å²) >= 11 is 4.68. The second-order valence-electron chi connectivity index (χ2n) is 3.60. The highest BCUT2D eigenvalue weighted by molar-refractivity contribution is 9.10. The second kappa shape index (κ2) is 8.11. The van der Waals surface area contributed by atoms with Crippen molar-refractivity contribution in [2.24, 2.45) is 0 Å². The Morgan fingerprint density at radius 1 is 1.53 bits per heavy atom. The van der Waals surface area contributed by atoms with Crippen LogP contribution in [0.5, 0.6) is 0 Å². The molecule has 0 aliphatic rings. The van der Waals surface area contributed by atoms with E-state index in [1.54, 1.807) is 0 Å². The molecule has 6 nitrogen and oxygen atoms in total. The molecule has 0 atom stereocenters. The molecule has 19 heavy (non-hydrogen) atoms. The van der Waals surface area contributed by atoms with Crippen molar-refractivity contribution >= 4 is 39.6 Å². The fourth-order valence-corrected chi connectivity index (χ4v) is 2.18. The minimum atomic E-state index is -0.957. The summed E-state index contributed by atoms with van der Waals surface area (Å²) in [5, 5.41) is 11.5. The molecule has 8 heteroatoms. The Kier molecular flexibility index (Phi) is 6.79. The van der Waals surface area contributed by atoms with E-state index in [9.17, 15) is 9.59 Å². The van der Waals surface area contributed by atoms with E-state index in [1.165, 1.54) is 18.0 Å². The third-order valence-electron chi connectivity index (χ3n) is 2.00. The van der Waals surface area contributed by atoms with E-state index in [0.717, 1.165) is 12.2 Å². The summed E-state index contributed by atoms with van der Waals surface area (Å²) < 4.78 is 0.487. The maximum Gasteiger partial charge on any atom is 0.305 e. The largest absolute Gasteiger partial charge is 0.481 e. The summed E-state index contributed by atoms with van der Waals surface area (Å²) in [4.78, 5) is 30.5. The lowest BCUT2D eigenvalue weighted by atomic mass is 10.3. The van der Waals surface area contributed by atoms with E-state index in [1.807, 2.05) is 6.92 Å². The second-order valence-corrected chi connectivity index (χ2v) is 5.51. The van der Waals surface area contributed by atoms with E-state index in [0.29, 0.717) is 9.63 Å². The third-order valence-corrected chi connectivity index (χ3v) is 3.64. The van der Waals surface area contributed by atoms with Crippen molar-refractivity contribution in [1.29, 1.82) is 0 Å². The molecule has 0 bridgehead atoms. The van der Waals surface area contributed by atoms with Crippen molar-refractivity contribution in [3.8, 4) is 0 Å². The smallest absolute Gasteiger partial charge is 0.305 e. The van der Waals surface area contributed by atoms with Gasteiger partial charge >= 0.3 is 5.97 Å². The zero-order chi connectivity index (χ0) is 14.3. The van der Waals surface area contributed by atoms with Gasteiger partial charge in [0.25, 0.3) is 5.91 Å². The number of carboxylic acid groups (broad SMARTS) is 1. The zero-order valence-corrected chi connectivity index (χ0v) is 12.8. The van der Waals surface area contributed by atoms with Gasteiger partial charge < -0.3 is 10.4 Å². The van der Waals surface area contributed by atoms with Crippen molar-refractivity contribution in [3.05, 3.63) is 16.4 Å². The minimum absolute atomic E-state index is 0.0715. The molecule has 0 aliphatic heterocycles. The Bertz CT molecular complexity index is 470. The third kappa shape index (κ3) is 5.56. The predicted molar refractivity (Wildman–Crippen MR) is 75.3 cm³/mol. The van der Waals surface area contributed by atoms with Gasteiger partial charge in [-0.25, -0.2) is 9.97 Å². The van der Waals surface area contributed by atoms with E-state index in [-0.39, 0.29) is 18.7 Å². The zero-order valence-electron chi connectivity index (χ0n) is 10.4. The molecular weight excluding hydrogens is 334 g/mol. The van der Waals surface area contributed by atoms with Crippen LogP contribution in [0.3, 0.4) is 0 Å². The number of rotatable bonds is 7. The number of halogens is 1. The number of hydrogen-bond acceptors (Lipinski definition) is 5. The van der Waals surface area contributed by atoms with E-state index in [2.05, 4.69) is 31.2 Å². The average molecular weight is 348 g/mol. The van der Waals surface area contributed by atoms with Crippen LogP contribution >= 0.6 is 27.7 Å². The van der Waals surface area contributed by atoms with Gasteiger partial charge in [-0.1, -0.05) is 18.7 Å². The number of carbonyl (C=O) groups excluding carboxylic acids is 1. The van der Waals surface area contributed by atoms with Gasteiger partial charge in [-0.3, -0.25) is 9.59 Å². The van der Waals surface area contributed by atoms with Crippen LogP contribution in [0.1, 0.15) is 30.3 Å². The van der Waals surface area contributed by atoms with Crippen LogP contribution in [0, 0.1) is 0 Å². The van der Waals surface area contributed by atoms with Gasteiger partial charge in [-0.15, -0.1) is 0 Å². The molecule has 0 aliphatic carbocycles. The van der Waals surface area contributed by atoms with Crippen LogP contribution in [0.4, 0.5) is 0 Å². The highest BCUT2D eigenvalue weighted by Gasteiger charge is 2.14. The number of nitrogens with zero attached hydrogens (tertiary/aromatic N) is 2. The number of aromatic nitrogens is 2. The van der Waals surface area contributed by atoms with Crippen molar-refractivity contribution < 1.29 is 14.7 Å². The van der Waals surface area contributed by atoms with Gasteiger partial charge in [0.05, 0.1) is 10.9 Å². The van der Waals surface area contributed by atoms with Crippen LogP contribution in [-0.4, -0.2) is 39.2 Å². The molecule has 0 saturated carbocycles. The van der Waals surface area contributed by atoms with Crippen molar-refractivity contribution in [2.45, 2.75) is 24.9 Å². The Morgan fingerprint density at radius 3 is 2.89 bits per heavy atom. The molecule has 0 radical (unpaired) electrons. The monoisotopic (exact) mass is 347 g/mol. The molecule has 1 aromatic heterocycles. The van der Waals surface area contributed by atoms with E-state index in [4.69, 9.17) is 5.11 Å². The predicted octanol–water partition coefficient (Wildman–Crippen LogP) is 1.95. The van der Waals surface area contributed by atoms with Gasteiger partial charge in [-0.05, 0) is 22.4 Å². The standard InChI is InChI=1S/C11H14BrN3O3S/c1-2-5-19-11-14-6-7(12)9(15-11)10(18)13-4-3-8(16)17/h6H,2-5H2,1H3,(H,13,18)(H,16,17). The molecule has 0 saturated heterocycles. The van der Waals surface area contributed by atoms with Crippen LogP contribution in [0.25, 0.3) is 0 Å². The highest BCUT2D eigenvalue weighted by Crippen LogP contribution is 2.19. The van der Waals surface area contributed by atoms with Crippen LogP contribution < -0.4 is 5.32 Å². The summed E-state index contributed by atoms with van der Waals surface area (Å²) in [6.45, 7) is 2.12. The number of carbonyl (C=O) groups is 2. The molecule has 1 rings (SSSR count). The molecule has 0 aromatic carbocycles. The SMILES string of the molecule is CCCSc1ncc(Br)c(C(=O)NCCC(=O)O)n1. The van der Waals surface area contributed by atoms with Crippen molar-refractivity contribution in [3.63, 3.8) is 0 Å². The number of hydrogen-bond donors (Lipinski definition) is 2. The molecule has 1 amide bonds. The number of amides is 1. The molecule has 0 unspecified atom stereocenters. The first kappa shape index (κ1) is 15.9. The Labute approximate surface area is 123 Å².